The van der Waals surface area contributed by atoms with Crippen molar-refractivity contribution in [3.8, 4) is 0 Å². The van der Waals surface area contributed by atoms with Crippen LogP contribution in [0.25, 0.3) is 0 Å². The summed E-state index contributed by atoms with van der Waals surface area (Å²) in [4.78, 5) is 13.0. The van der Waals surface area contributed by atoms with E-state index in [0.29, 0.717) is 5.56 Å². The number of hydrogen-bond donors (Lipinski definition) is 1. The monoisotopic (exact) mass is 335 g/mol. The molecule has 0 radical (unpaired) electrons. The Morgan fingerprint density at radius 1 is 1.25 bits per heavy atom. The Balaban J connectivity index is 2.19. The quantitative estimate of drug-likeness (QED) is 0.906. The molecular weight excluding hydrogens is 325 g/mol. The summed E-state index contributed by atoms with van der Waals surface area (Å²) in [7, 11) is -3.27. The molecule has 0 aromatic heterocycles. The van der Waals surface area contributed by atoms with Crippen molar-refractivity contribution in [1.82, 2.24) is 4.90 Å². The van der Waals surface area contributed by atoms with Crippen LogP contribution in [0.1, 0.15) is 5.56 Å². The van der Waals surface area contributed by atoms with Gasteiger partial charge in [0.25, 0.3) is 5.91 Å². The van der Waals surface area contributed by atoms with Crippen LogP contribution in [0.3, 0.4) is 0 Å². The van der Waals surface area contributed by atoms with Gasteiger partial charge in [-0.3, -0.25) is 4.79 Å². The number of amides is 1. The topological polar surface area (TPSA) is 74.7 Å². The number of carbonyl (C=O) groups is 1. The number of carbonyl (C=O) groups excluding carboxylic acids is 1. The zero-order valence-corrected chi connectivity index (χ0v) is 12.7. The van der Waals surface area contributed by atoms with E-state index >= 15 is 0 Å². The maximum Gasteiger partial charge on any atom is 0.269 e. The molecule has 1 unspecified atom stereocenters. The first-order valence-electron chi connectivity index (χ1n) is 5.55. The van der Waals surface area contributed by atoms with Crippen molar-refractivity contribution >= 4 is 38.9 Å². The van der Waals surface area contributed by atoms with Crippen molar-refractivity contribution < 1.29 is 18.3 Å². The highest BCUT2D eigenvalue weighted by atomic mass is 35.5. The van der Waals surface area contributed by atoms with E-state index in [2.05, 4.69) is 0 Å². The lowest BCUT2D eigenvalue weighted by molar-refractivity contribution is -0.132. The van der Waals surface area contributed by atoms with Gasteiger partial charge in [-0.25, -0.2) is 8.42 Å². The Hall–Kier alpha value is -1.08. The summed E-state index contributed by atoms with van der Waals surface area (Å²) in [6, 6.07) is 6.01. The highest BCUT2D eigenvalue weighted by Crippen LogP contribution is 2.31. The predicted octanol–water partition coefficient (Wildman–Crippen LogP) is 1.44. The fourth-order valence-corrected chi connectivity index (χ4v) is 2.82. The van der Waals surface area contributed by atoms with Crippen LogP contribution >= 0.6 is 23.2 Å². The first-order chi connectivity index (χ1) is 9.21. The van der Waals surface area contributed by atoms with E-state index in [1.54, 1.807) is 12.1 Å². The number of rotatable bonds is 3. The number of halogens is 2. The molecule has 1 aromatic rings. The van der Waals surface area contributed by atoms with Gasteiger partial charge in [-0.15, -0.1) is 0 Å². The molecule has 108 valence electrons. The van der Waals surface area contributed by atoms with E-state index in [9.17, 15) is 18.3 Å². The molecule has 1 aliphatic rings. The summed E-state index contributed by atoms with van der Waals surface area (Å²) in [5.74, 6) is -0.559. The third-order valence-corrected chi connectivity index (χ3v) is 4.86. The van der Waals surface area contributed by atoms with Crippen molar-refractivity contribution in [1.29, 1.82) is 0 Å². The molecule has 0 spiro atoms. The maximum absolute atomic E-state index is 11.8. The molecule has 2 rings (SSSR count). The summed E-state index contributed by atoms with van der Waals surface area (Å²) in [6.45, 7) is 0.0798. The van der Waals surface area contributed by atoms with Crippen molar-refractivity contribution in [3.05, 3.63) is 39.9 Å². The van der Waals surface area contributed by atoms with Gasteiger partial charge in [0, 0.05) is 12.8 Å². The van der Waals surface area contributed by atoms with Crippen LogP contribution in [0.5, 0.6) is 0 Å². The molecular formula is C12H11Cl2NO4S. The number of sulfone groups is 1. The van der Waals surface area contributed by atoms with Crippen LogP contribution in [-0.2, 0) is 21.2 Å². The van der Waals surface area contributed by atoms with Crippen molar-refractivity contribution in [2.45, 2.75) is 17.7 Å². The fourth-order valence-electron chi connectivity index (χ4n) is 1.79. The largest absolute Gasteiger partial charge is 0.368 e. The van der Waals surface area contributed by atoms with E-state index in [1.807, 2.05) is 0 Å². The third-order valence-electron chi connectivity index (χ3n) is 2.88. The van der Waals surface area contributed by atoms with Gasteiger partial charge in [-0.1, -0.05) is 35.3 Å². The van der Waals surface area contributed by atoms with Crippen molar-refractivity contribution in [2.24, 2.45) is 0 Å². The zero-order valence-electron chi connectivity index (χ0n) is 10.4. The highest BCUT2D eigenvalue weighted by molar-refractivity contribution is 7.90. The lowest BCUT2D eigenvalue weighted by Crippen LogP contribution is -2.34. The Labute approximate surface area is 126 Å². The number of aliphatic hydroxyl groups excluding tert-OH is 1. The summed E-state index contributed by atoms with van der Waals surface area (Å²) >= 11 is 11.4. The standard InChI is InChI=1S/C12H11Cl2NO4S/c1-20(18,19)8-4-2-7(3-5-8)6-15-11(16)9(13)10(14)12(15)17/h2-5,11,16H,6H2,1H3. The van der Waals surface area contributed by atoms with E-state index < -0.39 is 22.0 Å². The minimum Gasteiger partial charge on any atom is -0.368 e. The molecule has 1 heterocycles. The first kappa shape index (κ1) is 15.3. The zero-order chi connectivity index (χ0) is 15.1. The Bertz CT molecular complexity index is 682. The number of benzene rings is 1. The van der Waals surface area contributed by atoms with Crippen molar-refractivity contribution in [2.75, 3.05) is 6.26 Å². The van der Waals surface area contributed by atoms with Gasteiger partial charge in [0.05, 0.1) is 9.93 Å². The SMILES string of the molecule is CS(=O)(=O)c1ccc(CN2C(=O)C(Cl)=C(Cl)C2O)cc1. The summed E-state index contributed by atoms with van der Waals surface area (Å²) in [6.07, 6.45) is -0.162. The molecule has 0 aliphatic carbocycles. The minimum atomic E-state index is -3.27. The van der Waals surface area contributed by atoms with Gasteiger partial charge < -0.3 is 10.0 Å². The Morgan fingerprint density at radius 3 is 2.20 bits per heavy atom. The molecule has 0 saturated carbocycles. The van der Waals surface area contributed by atoms with E-state index in [0.717, 1.165) is 11.2 Å². The van der Waals surface area contributed by atoms with Gasteiger partial charge in [0.2, 0.25) is 0 Å². The number of aliphatic hydroxyl groups is 1. The molecule has 1 aliphatic heterocycles. The second kappa shape index (κ2) is 5.37. The molecule has 1 aromatic carbocycles. The maximum atomic E-state index is 11.8. The minimum absolute atomic E-state index is 0.0798. The van der Waals surface area contributed by atoms with Crippen LogP contribution in [-0.4, -0.2) is 36.8 Å². The third kappa shape index (κ3) is 2.83. The first-order valence-corrected chi connectivity index (χ1v) is 8.19. The van der Waals surface area contributed by atoms with Crippen LogP contribution in [0.15, 0.2) is 39.2 Å². The van der Waals surface area contributed by atoms with Gasteiger partial charge in [-0.2, -0.15) is 0 Å². The average molecular weight is 336 g/mol. The second-order valence-corrected chi connectivity index (χ2v) is 7.19. The summed E-state index contributed by atoms with van der Waals surface area (Å²) in [5, 5.41) is 9.47. The van der Waals surface area contributed by atoms with Crippen LogP contribution in [0.4, 0.5) is 0 Å². The molecule has 0 saturated heterocycles. The molecule has 5 nitrogen and oxygen atoms in total. The molecule has 8 heteroatoms. The van der Waals surface area contributed by atoms with E-state index in [1.165, 1.54) is 12.1 Å². The number of nitrogens with zero attached hydrogens (tertiary/aromatic N) is 1. The molecule has 0 bridgehead atoms. The van der Waals surface area contributed by atoms with Gasteiger partial charge in [0.1, 0.15) is 5.03 Å². The van der Waals surface area contributed by atoms with Crippen LogP contribution in [0, 0.1) is 0 Å². The second-order valence-electron chi connectivity index (χ2n) is 4.38. The average Bonchev–Trinajstić information content (AvgIpc) is 2.56. The fraction of sp³-hybridized carbons (Fsp3) is 0.250. The Kier molecular flexibility index (Phi) is 4.11. The lowest BCUT2D eigenvalue weighted by Gasteiger charge is -2.21. The van der Waals surface area contributed by atoms with Crippen LogP contribution < -0.4 is 0 Å². The van der Waals surface area contributed by atoms with Gasteiger partial charge in [0.15, 0.2) is 16.1 Å². The normalized spacial score (nSPS) is 19.9. The predicted molar refractivity (Wildman–Crippen MR) is 74.8 cm³/mol. The highest BCUT2D eigenvalue weighted by Gasteiger charge is 2.36. The summed E-state index contributed by atoms with van der Waals surface area (Å²) in [5.41, 5.74) is 0.653. The molecule has 1 N–H and O–H groups in total. The van der Waals surface area contributed by atoms with E-state index in [4.69, 9.17) is 23.2 Å². The van der Waals surface area contributed by atoms with E-state index in [-0.39, 0.29) is 21.5 Å². The lowest BCUT2D eigenvalue weighted by atomic mass is 10.2. The molecule has 0 fully saturated rings. The molecule has 1 amide bonds. The number of hydrogen-bond acceptors (Lipinski definition) is 4. The molecule has 1 atom stereocenters. The smallest absolute Gasteiger partial charge is 0.269 e. The van der Waals surface area contributed by atoms with Gasteiger partial charge in [-0.05, 0) is 17.7 Å². The molecule has 20 heavy (non-hydrogen) atoms. The van der Waals surface area contributed by atoms with Crippen LogP contribution in [0.2, 0.25) is 0 Å². The summed E-state index contributed by atoms with van der Waals surface area (Å²) < 4.78 is 22.7. The Morgan fingerprint density at radius 2 is 1.80 bits per heavy atom. The van der Waals surface area contributed by atoms with Gasteiger partial charge >= 0.3 is 0 Å². The van der Waals surface area contributed by atoms with Crippen molar-refractivity contribution in [3.63, 3.8) is 0 Å².